The number of aryl methyl sites for hydroxylation is 1. The van der Waals surface area contributed by atoms with Gasteiger partial charge in [-0.25, -0.2) is 13.2 Å². The summed E-state index contributed by atoms with van der Waals surface area (Å²) in [4.78, 5) is 14.1. The number of urea groups is 1. The number of carbonyl (C=O) groups excluding carboxylic acids is 1. The Hall–Kier alpha value is -2.14. The highest BCUT2D eigenvalue weighted by Crippen LogP contribution is 2.26. The maximum Gasteiger partial charge on any atom is 0.321 e. The molecule has 1 aliphatic rings. The van der Waals surface area contributed by atoms with Gasteiger partial charge in [0, 0.05) is 36.8 Å². The Balaban J connectivity index is 1.44. The highest BCUT2D eigenvalue weighted by molar-refractivity contribution is 7.92. The van der Waals surface area contributed by atoms with Gasteiger partial charge in [-0.1, -0.05) is 23.7 Å². The summed E-state index contributed by atoms with van der Waals surface area (Å²) in [6.45, 7) is 2.79. The maximum absolute atomic E-state index is 12.7. The second kappa shape index (κ2) is 9.78. The number of aromatic nitrogens is 1. The van der Waals surface area contributed by atoms with Gasteiger partial charge >= 0.3 is 6.03 Å². The summed E-state index contributed by atoms with van der Waals surface area (Å²) in [5.41, 5.74) is 0.742. The maximum atomic E-state index is 12.7. The van der Waals surface area contributed by atoms with E-state index in [1.807, 2.05) is 11.8 Å². The SMILES string of the molecule is CCc1cc(NC(=O)NCC[C@@H](CO)N2CC(S(=O)(=O)c3ccc(Cl)cc3)C2)on1. The number of benzene rings is 1. The molecule has 1 aromatic carbocycles. The topological polar surface area (TPSA) is 125 Å². The highest BCUT2D eigenvalue weighted by Gasteiger charge is 2.40. The molecular formula is C19H25ClN4O5S. The molecule has 30 heavy (non-hydrogen) atoms. The second-order valence-corrected chi connectivity index (χ2v) is 9.78. The zero-order chi connectivity index (χ0) is 21.7. The Bertz CT molecular complexity index is 958. The Morgan fingerprint density at radius 1 is 1.37 bits per heavy atom. The minimum atomic E-state index is -3.44. The summed E-state index contributed by atoms with van der Waals surface area (Å²) in [5.74, 6) is 0.265. The molecule has 1 fully saturated rings. The van der Waals surface area contributed by atoms with E-state index >= 15 is 0 Å². The van der Waals surface area contributed by atoms with E-state index in [0.717, 1.165) is 5.69 Å². The molecule has 1 atom stereocenters. The first-order valence-corrected chi connectivity index (χ1v) is 11.6. The molecule has 11 heteroatoms. The fourth-order valence-electron chi connectivity index (χ4n) is 3.22. The van der Waals surface area contributed by atoms with Gasteiger partial charge in [-0.2, -0.15) is 0 Å². The standard InChI is InChI=1S/C19H25ClN4O5S/c1-2-14-9-18(29-23-14)22-19(26)21-8-7-15(12-25)24-10-17(11-24)30(27,28)16-5-3-13(20)4-6-16/h3-6,9,15,17,25H,2,7-8,10-12H2,1H3,(H2,21,22,26)/t15-/m0/s1. The van der Waals surface area contributed by atoms with Crippen LogP contribution in [-0.4, -0.2) is 67.1 Å². The van der Waals surface area contributed by atoms with Crippen LogP contribution >= 0.6 is 11.6 Å². The van der Waals surface area contributed by atoms with E-state index in [9.17, 15) is 18.3 Å². The molecular weight excluding hydrogens is 432 g/mol. The van der Waals surface area contributed by atoms with Gasteiger partial charge in [0.05, 0.1) is 22.4 Å². The van der Waals surface area contributed by atoms with Crippen molar-refractivity contribution in [2.45, 2.75) is 36.0 Å². The van der Waals surface area contributed by atoms with Crippen LogP contribution in [0.3, 0.4) is 0 Å². The summed E-state index contributed by atoms with van der Waals surface area (Å²) in [6, 6.07) is 7.10. The number of aliphatic hydroxyl groups is 1. The summed E-state index contributed by atoms with van der Waals surface area (Å²) >= 11 is 5.82. The van der Waals surface area contributed by atoms with E-state index < -0.39 is 21.1 Å². The number of nitrogens with zero attached hydrogens (tertiary/aromatic N) is 2. The number of carbonyl (C=O) groups is 1. The molecule has 0 unspecified atom stereocenters. The van der Waals surface area contributed by atoms with Crippen LogP contribution in [0.1, 0.15) is 19.0 Å². The number of rotatable bonds is 9. The largest absolute Gasteiger partial charge is 0.395 e. The monoisotopic (exact) mass is 456 g/mol. The molecule has 2 amide bonds. The van der Waals surface area contributed by atoms with Gasteiger partial charge in [0.25, 0.3) is 0 Å². The Morgan fingerprint density at radius 2 is 2.07 bits per heavy atom. The predicted octanol–water partition coefficient (Wildman–Crippen LogP) is 1.92. The van der Waals surface area contributed by atoms with Crippen LogP contribution in [-0.2, 0) is 16.3 Å². The molecule has 2 heterocycles. The first kappa shape index (κ1) is 22.5. The third-order valence-electron chi connectivity index (χ3n) is 5.11. The molecule has 0 radical (unpaired) electrons. The fraction of sp³-hybridized carbons (Fsp3) is 0.474. The number of likely N-dealkylation sites (tertiary alicyclic amines) is 1. The fourth-order valence-corrected chi connectivity index (χ4v) is 5.02. The number of amides is 2. The van der Waals surface area contributed by atoms with Gasteiger partial charge in [-0.15, -0.1) is 0 Å². The minimum absolute atomic E-state index is 0.126. The third kappa shape index (κ3) is 5.31. The number of halogens is 1. The van der Waals surface area contributed by atoms with Crippen LogP contribution in [0.25, 0.3) is 0 Å². The minimum Gasteiger partial charge on any atom is -0.395 e. The second-order valence-electron chi connectivity index (χ2n) is 7.12. The predicted molar refractivity (Wildman–Crippen MR) is 112 cm³/mol. The molecule has 1 aliphatic heterocycles. The Kier molecular flexibility index (Phi) is 7.35. The van der Waals surface area contributed by atoms with Gasteiger partial charge in [0.15, 0.2) is 9.84 Å². The van der Waals surface area contributed by atoms with Crippen molar-refractivity contribution in [2.75, 3.05) is 31.6 Å². The molecule has 1 saturated heterocycles. The van der Waals surface area contributed by atoms with E-state index in [-0.39, 0.29) is 23.4 Å². The first-order chi connectivity index (χ1) is 14.3. The van der Waals surface area contributed by atoms with E-state index in [0.29, 0.717) is 37.5 Å². The Labute approximate surface area is 180 Å². The van der Waals surface area contributed by atoms with Gasteiger partial charge in [-0.3, -0.25) is 10.2 Å². The summed E-state index contributed by atoms with van der Waals surface area (Å²) in [7, 11) is -3.44. The van der Waals surface area contributed by atoms with Gasteiger partial charge in [-0.05, 0) is 37.1 Å². The summed E-state index contributed by atoms with van der Waals surface area (Å²) < 4.78 is 30.3. The van der Waals surface area contributed by atoms with Gasteiger partial charge < -0.3 is 14.9 Å². The molecule has 1 aromatic heterocycles. The lowest BCUT2D eigenvalue weighted by Gasteiger charge is -2.43. The molecule has 3 N–H and O–H groups in total. The number of hydrogen-bond acceptors (Lipinski definition) is 7. The highest BCUT2D eigenvalue weighted by atomic mass is 35.5. The third-order valence-corrected chi connectivity index (χ3v) is 7.46. The van der Waals surface area contributed by atoms with Crippen LogP contribution in [0.15, 0.2) is 39.8 Å². The lowest BCUT2D eigenvalue weighted by molar-refractivity contribution is 0.0696. The van der Waals surface area contributed by atoms with Crippen molar-refractivity contribution >= 4 is 33.4 Å². The molecule has 2 aromatic rings. The molecule has 9 nitrogen and oxygen atoms in total. The van der Waals surface area contributed by atoms with Crippen LogP contribution in [0.4, 0.5) is 10.7 Å². The van der Waals surface area contributed by atoms with Crippen molar-refractivity contribution in [3.63, 3.8) is 0 Å². The van der Waals surface area contributed by atoms with Crippen molar-refractivity contribution in [3.8, 4) is 0 Å². The summed E-state index contributed by atoms with van der Waals surface area (Å²) in [6.07, 6.45) is 1.18. The van der Waals surface area contributed by atoms with Crippen molar-refractivity contribution in [3.05, 3.63) is 41.0 Å². The number of anilines is 1. The molecule has 0 aliphatic carbocycles. The Morgan fingerprint density at radius 3 is 2.67 bits per heavy atom. The lowest BCUT2D eigenvalue weighted by Crippen LogP contribution is -2.59. The van der Waals surface area contributed by atoms with E-state index in [1.165, 1.54) is 12.1 Å². The molecule has 0 saturated carbocycles. The molecule has 164 valence electrons. The quantitative estimate of drug-likeness (QED) is 0.526. The lowest BCUT2D eigenvalue weighted by atomic mass is 10.1. The zero-order valence-electron chi connectivity index (χ0n) is 16.5. The van der Waals surface area contributed by atoms with Crippen molar-refractivity contribution in [1.29, 1.82) is 0 Å². The molecule has 0 spiro atoms. The number of hydrogen-bond donors (Lipinski definition) is 3. The van der Waals surface area contributed by atoms with Gasteiger partial charge in [0.2, 0.25) is 5.88 Å². The number of nitrogens with one attached hydrogen (secondary N) is 2. The average molecular weight is 457 g/mol. The smallest absolute Gasteiger partial charge is 0.321 e. The molecule has 3 rings (SSSR count). The summed E-state index contributed by atoms with van der Waals surface area (Å²) in [5, 5.41) is 18.7. The zero-order valence-corrected chi connectivity index (χ0v) is 18.1. The van der Waals surface area contributed by atoms with Crippen LogP contribution in [0.5, 0.6) is 0 Å². The average Bonchev–Trinajstić information content (AvgIpc) is 3.13. The van der Waals surface area contributed by atoms with E-state index in [1.54, 1.807) is 18.2 Å². The first-order valence-electron chi connectivity index (χ1n) is 9.68. The molecule has 0 bridgehead atoms. The van der Waals surface area contributed by atoms with E-state index in [2.05, 4.69) is 15.8 Å². The van der Waals surface area contributed by atoms with Gasteiger partial charge in [0.1, 0.15) is 0 Å². The number of aliphatic hydroxyl groups excluding tert-OH is 1. The number of sulfone groups is 1. The van der Waals surface area contributed by atoms with Crippen LogP contribution in [0.2, 0.25) is 5.02 Å². The van der Waals surface area contributed by atoms with Crippen molar-refractivity contribution in [1.82, 2.24) is 15.4 Å². The van der Waals surface area contributed by atoms with E-state index in [4.69, 9.17) is 16.1 Å². The van der Waals surface area contributed by atoms with Crippen molar-refractivity contribution < 1.29 is 22.8 Å². The van der Waals surface area contributed by atoms with Crippen LogP contribution in [0, 0.1) is 0 Å². The van der Waals surface area contributed by atoms with Crippen molar-refractivity contribution in [2.24, 2.45) is 0 Å². The normalized spacial score (nSPS) is 16.1. The van der Waals surface area contributed by atoms with Crippen LogP contribution < -0.4 is 10.6 Å².